The third-order valence-electron chi connectivity index (χ3n) is 3.88. The highest BCUT2D eigenvalue weighted by molar-refractivity contribution is 6.30. The Hall–Kier alpha value is -0.610. The second-order valence-corrected chi connectivity index (χ2v) is 6.56. The summed E-state index contributed by atoms with van der Waals surface area (Å²) < 4.78 is 0. The summed E-state index contributed by atoms with van der Waals surface area (Å²) in [5.74, 6) is 0.690. The minimum atomic E-state index is 0.203. The van der Waals surface area contributed by atoms with E-state index in [0.29, 0.717) is 12.0 Å². The summed E-state index contributed by atoms with van der Waals surface area (Å²) in [6, 6.07) is 8.71. The van der Waals surface area contributed by atoms with E-state index in [1.807, 2.05) is 12.1 Å². The molecule has 0 spiro atoms. The molecular weight excluding hydrogens is 272 g/mol. The van der Waals surface area contributed by atoms with Gasteiger partial charge in [-0.2, -0.15) is 0 Å². The van der Waals surface area contributed by atoms with Crippen LogP contribution in [0.2, 0.25) is 5.02 Å². The molecule has 0 aromatic heterocycles. The first kappa shape index (κ1) is 15.8. The van der Waals surface area contributed by atoms with E-state index in [1.165, 1.54) is 12.0 Å². The Morgan fingerprint density at radius 3 is 2.65 bits per heavy atom. The summed E-state index contributed by atoms with van der Waals surface area (Å²) in [6.07, 6.45) is 1.18. The van der Waals surface area contributed by atoms with Crippen molar-refractivity contribution in [2.45, 2.75) is 38.9 Å². The predicted octanol–water partition coefficient (Wildman–Crippen LogP) is 2.52. The molecule has 1 aromatic carbocycles. The molecule has 4 heteroatoms. The molecule has 0 aliphatic carbocycles. The van der Waals surface area contributed by atoms with Crippen LogP contribution in [0.4, 0.5) is 0 Å². The van der Waals surface area contributed by atoms with E-state index < -0.39 is 0 Å². The first-order chi connectivity index (χ1) is 9.58. The van der Waals surface area contributed by atoms with Gasteiger partial charge in [0.1, 0.15) is 0 Å². The summed E-state index contributed by atoms with van der Waals surface area (Å²) in [5.41, 5.74) is 1.25. The number of hydrogen-bond donors (Lipinski definition) is 2. The van der Waals surface area contributed by atoms with Gasteiger partial charge in [-0.3, -0.25) is 4.90 Å². The van der Waals surface area contributed by atoms with Crippen molar-refractivity contribution in [1.82, 2.24) is 10.2 Å². The highest BCUT2D eigenvalue weighted by atomic mass is 35.5. The average molecular weight is 297 g/mol. The van der Waals surface area contributed by atoms with Gasteiger partial charge < -0.3 is 10.4 Å². The fraction of sp³-hybridized carbons (Fsp3) is 0.625. The molecule has 0 saturated carbocycles. The van der Waals surface area contributed by atoms with Crippen LogP contribution in [0.1, 0.15) is 25.8 Å². The van der Waals surface area contributed by atoms with E-state index in [4.69, 9.17) is 11.6 Å². The van der Waals surface area contributed by atoms with Gasteiger partial charge in [0.25, 0.3) is 0 Å². The van der Waals surface area contributed by atoms with Crippen molar-refractivity contribution in [2.75, 3.05) is 19.7 Å². The van der Waals surface area contributed by atoms with Gasteiger partial charge in [-0.15, -0.1) is 0 Å². The van der Waals surface area contributed by atoms with Crippen LogP contribution in [0.15, 0.2) is 24.3 Å². The molecule has 1 aliphatic rings. The minimum Gasteiger partial charge on any atom is -0.395 e. The molecular formula is C16H25ClN2O. The molecule has 0 radical (unpaired) electrons. The van der Waals surface area contributed by atoms with Crippen LogP contribution in [0, 0.1) is 5.92 Å². The maximum Gasteiger partial charge on any atom is 0.0599 e. The van der Waals surface area contributed by atoms with E-state index in [9.17, 15) is 5.11 Å². The van der Waals surface area contributed by atoms with Crippen LogP contribution in [-0.4, -0.2) is 41.8 Å². The second kappa shape index (κ2) is 7.41. The number of benzene rings is 1. The predicted molar refractivity (Wildman–Crippen MR) is 84.0 cm³/mol. The minimum absolute atomic E-state index is 0.203. The van der Waals surface area contributed by atoms with Crippen LogP contribution in [0.5, 0.6) is 0 Å². The molecule has 2 N–H and O–H groups in total. The molecule has 2 atom stereocenters. The molecule has 1 heterocycles. The SMILES string of the molecule is CC(C)CC1CN(Cc2ccc(Cl)cc2)C(CO)CN1. The Labute approximate surface area is 126 Å². The number of halogens is 1. The fourth-order valence-electron chi connectivity index (χ4n) is 2.85. The van der Waals surface area contributed by atoms with Gasteiger partial charge >= 0.3 is 0 Å². The lowest BCUT2D eigenvalue weighted by atomic mass is 9.99. The molecule has 1 aliphatic heterocycles. The Morgan fingerprint density at radius 1 is 1.35 bits per heavy atom. The highest BCUT2D eigenvalue weighted by Gasteiger charge is 2.27. The molecule has 112 valence electrons. The van der Waals surface area contributed by atoms with Crippen molar-refractivity contribution in [1.29, 1.82) is 0 Å². The summed E-state index contributed by atoms with van der Waals surface area (Å²) in [6.45, 7) is 7.44. The highest BCUT2D eigenvalue weighted by Crippen LogP contribution is 2.17. The zero-order valence-electron chi connectivity index (χ0n) is 12.3. The summed E-state index contributed by atoms with van der Waals surface area (Å²) in [5, 5.41) is 13.9. The number of hydrogen-bond acceptors (Lipinski definition) is 3. The third-order valence-corrected chi connectivity index (χ3v) is 4.13. The number of piperazine rings is 1. The van der Waals surface area contributed by atoms with E-state index in [0.717, 1.165) is 24.7 Å². The van der Waals surface area contributed by atoms with Crippen molar-refractivity contribution in [2.24, 2.45) is 5.92 Å². The van der Waals surface area contributed by atoms with Crippen molar-refractivity contribution >= 4 is 11.6 Å². The van der Waals surface area contributed by atoms with Crippen LogP contribution < -0.4 is 5.32 Å². The average Bonchev–Trinajstić information content (AvgIpc) is 2.41. The molecule has 2 unspecified atom stereocenters. The maximum absolute atomic E-state index is 9.55. The van der Waals surface area contributed by atoms with Crippen molar-refractivity contribution in [3.8, 4) is 0 Å². The monoisotopic (exact) mass is 296 g/mol. The van der Waals surface area contributed by atoms with E-state index >= 15 is 0 Å². The second-order valence-electron chi connectivity index (χ2n) is 6.13. The lowest BCUT2D eigenvalue weighted by Crippen LogP contribution is -2.57. The molecule has 1 aromatic rings. The molecule has 1 saturated heterocycles. The number of rotatable bonds is 5. The van der Waals surface area contributed by atoms with Gasteiger partial charge in [-0.25, -0.2) is 0 Å². The topological polar surface area (TPSA) is 35.5 Å². The standard InChI is InChI=1S/C16H25ClN2O/c1-12(2)7-15-10-19(16(11-20)8-18-15)9-13-3-5-14(17)6-4-13/h3-6,12,15-16,18,20H,7-11H2,1-2H3. The fourth-order valence-corrected chi connectivity index (χ4v) is 2.98. The Morgan fingerprint density at radius 2 is 2.05 bits per heavy atom. The molecule has 0 amide bonds. The van der Waals surface area contributed by atoms with Gasteiger partial charge in [0.15, 0.2) is 0 Å². The molecule has 20 heavy (non-hydrogen) atoms. The van der Waals surface area contributed by atoms with Crippen LogP contribution in [-0.2, 0) is 6.54 Å². The number of nitrogens with one attached hydrogen (secondary N) is 1. The summed E-state index contributed by atoms with van der Waals surface area (Å²) >= 11 is 5.93. The first-order valence-electron chi connectivity index (χ1n) is 7.41. The lowest BCUT2D eigenvalue weighted by Gasteiger charge is -2.40. The van der Waals surface area contributed by atoms with Crippen LogP contribution in [0.3, 0.4) is 0 Å². The zero-order chi connectivity index (χ0) is 14.5. The van der Waals surface area contributed by atoms with E-state index in [1.54, 1.807) is 0 Å². The number of aliphatic hydroxyl groups is 1. The smallest absolute Gasteiger partial charge is 0.0599 e. The molecule has 0 bridgehead atoms. The van der Waals surface area contributed by atoms with Gasteiger partial charge in [0, 0.05) is 36.7 Å². The molecule has 1 fully saturated rings. The third kappa shape index (κ3) is 4.45. The number of aliphatic hydroxyl groups excluding tert-OH is 1. The van der Waals surface area contributed by atoms with Crippen LogP contribution >= 0.6 is 11.6 Å². The normalized spacial score (nSPS) is 24.2. The number of nitrogens with zero attached hydrogens (tertiary/aromatic N) is 1. The Balaban J connectivity index is 1.99. The molecule has 3 nitrogen and oxygen atoms in total. The van der Waals surface area contributed by atoms with Crippen molar-refractivity contribution in [3.63, 3.8) is 0 Å². The van der Waals surface area contributed by atoms with Crippen LogP contribution in [0.25, 0.3) is 0 Å². The Kier molecular flexibility index (Phi) is 5.85. The first-order valence-corrected chi connectivity index (χ1v) is 7.79. The largest absolute Gasteiger partial charge is 0.395 e. The van der Waals surface area contributed by atoms with Crippen molar-refractivity contribution in [3.05, 3.63) is 34.9 Å². The summed E-state index contributed by atoms with van der Waals surface area (Å²) in [4.78, 5) is 2.38. The van der Waals surface area contributed by atoms with Crippen molar-refractivity contribution < 1.29 is 5.11 Å². The zero-order valence-corrected chi connectivity index (χ0v) is 13.1. The van der Waals surface area contributed by atoms with Gasteiger partial charge in [-0.1, -0.05) is 37.6 Å². The van der Waals surface area contributed by atoms with Gasteiger partial charge in [-0.05, 0) is 30.0 Å². The van der Waals surface area contributed by atoms with E-state index in [2.05, 4.69) is 36.2 Å². The maximum atomic E-state index is 9.55. The van der Waals surface area contributed by atoms with Gasteiger partial charge in [0.2, 0.25) is 0 Å². The van der Waals surface area contributed by atoms with Gasteiger partial charge in [0.05, 0.1) is 6.61 Å². The molecule has 2 rings (SSSR count). The Bertz CT molecular complexity index is 407. The quantitative estimate of drug-likeness (QED) is 0.876. The van der Waals surface area contributed by atoms with E-state index in [-0.39, 0.29) is 12.6 Å². The summed E-state index contributed by atoms with van der Waals surface area (Å²) in [7, 11) is 0. The lowest BCUT2D eigenvalue weighted by molar-refractivity contribution is 0.0700.